The maximum atomic E-state index is 12.8. The van der Waals surface area contributed by atoms with Crippen molar-refractivity contribution in [2.45, 2.75) is 26.0 Å². The molecule has 1 fully saturated rings. The number of fused-ring (bicyclic) bond motifs is 1. The average molecular weight is 548 g/mol. The van der Waals surface area contributed by atoms with E-state index < -0.39 is 0 Å². The van der Waals surface area contributed by atoms with E-state index in [0.717, 1.165) is 45.0 Å². The third kappa shape index (κ3) is 6.45. The van der Waals surface area contributed by atoms with Gasteiger partial charge >= 0.3 is 0 Å². The molecule has 1 saturated heterocycles. The van der Waals surface area contributed by atoms with Gasteiger partial charge in [0.2, 0.25) is 5.91 Å². The van der Waals surface area contributed by atoms with E-state index in [-0.39, 0.29) is 36.4 Å². The van der Waals surface area contributed by atoms with Gasteiger partial charge in [-0.1, -0.05) is 54.6 Å². The highest BCUT2D eigenvalue weighted by molar-refractivity contribution is 14.0. The molecule has 4 rings (SSSR count). The van der Waals surface area contributed by atoms with Crippen molar-refractivity contribution in [2.75, 3.05) is 39.8 Å². The second-order valence-corrected chi connectivity index (χ2v) is 8.34. The Morgan fingerprint density at radius 3 is 2.59 bits per heavy atom. The van der Waals surface area contributed by atoms with Crippen molar-refractivity contribution < 1.29 is 9.53 Å². The lowest BCUT2D eigenvalue weighted by Crippen LogP contribution is -2.46. The van der Waals surface area contributed by atoms with Crippen LogP contribution in [-0.2, 0) is 29.1 Å². The molecule has 1 unspecified atom stereocenters. The number of likely N-dealkylation sites (tertiary alicyclic amines) is 1. The highest BCUT2D eigenvalue weighted by atomic mass is 127. The molecular formula is C25H33IN4O2. The number of hydrogen-bond donors (Lipinski definition) is 1. The molecule has 0 bridgehead atoms. The Balaban J connectivity index is 0.00000289. The number of ether oxygens (including phenoxy) is 1. The summed E-state index contributed by atoms with van der Waals surface area (Å²) in [7, 11) is 1.78. The minimum Gasteiger partial charge on any atom is -0.376 e. The Kier molecular flexibility index (Phi) is 9.35. The average Bonchev–Trinajstić information content (AvgIpc) is 3.28. The molecular weight excluding hydrogens is 515 g/mol. The van der Waals surface area contributed by atoms with Crippen LogP contribution < -0.4 is 5.32 Å². The maximum absolute atomic E-state index is 12.8. The molecule has 32 heavy (non-hydrogen) atoms. The van der Waals surface area contributed by atoms with Gasteiger partial charge in [0, 0.05) is 39.1 Å². The summed E-state index contributed by atoms with van der Waals surface area (Å²) in [6, 6.07) is 18.7. The second kappa shape index (κ2) is 12.2. The lowest BCUT2D eigenvalue weighted by Gasteiger charge is -2.29. The van der Waals surface area contributed by atoms with Gasteiger partial charge in [0.05, 0.1) is 19.8 Å². The zero-order valence-corrected chi connectivity index (χ0v) is 21.0. The van der Waals surface area contributed by atoms with Gasteiger partial charge in [0.25, 0.3) is 0 Å². The third-order valence-corrected chi connectivity index (χ3v) is 6.14. The number of guanidine groups is 1. The quantitative estimate of drug-likeness (QED) is 0.342. The fourth-order valence-corrected chi connectivity index (χ4v) is 4.39. The summed E-state index contributed by atoms with van der Waals surface area (Å²) in [5.74, 6) is 1.41. The number of halogens is 1. The smallest absolute Gasteiger partial charge is 0.242 e. The van der Waals surface area contributed by atoms with Gasteiger partial charge in [-0.15, -0.1) is 24.0 Å². The predicted molar refractivity (Wildman–Crippen MR) is 138 cm³/mol. The highest BCUT2D eigenvalue weighted by Gasteiger charge is 2.26. The summed E-state index contributed by atoms with van der Waals surface area (Å²) < 4.78 is 5.92. The van der Waals surface area contributed by atoms with E-state index in [1.165, 1.54) is 16.7 Å². The summed E-state index contributed by atoms with van der Waals surface area (Å²) in [6.45, 7) is 4.98. The molecule has 0 radical (unpaired) electrons. The SMILES string of the molecule is CN=C(NCC(=O)N1CCc2ccccc2C1)N1CCC(COCc2ccccc2)C1.I. The van der Waals surface area contributed by atoms with Crippen LogP contribution in [0, 0.1) is 5.92 Å². The standard InChI is InChI=1S/C25H32N4O2.HI/c1-26-25(27-15-24(30)28-14-12-22-9-5-6-10-23(22)17-28)29-13-11-21(16-29)19-31-18-20-7-3-2-4-8-20;/h2-10,21H,11-19H2,1H3,(H,26,27);1H. The summed E-state index contributed by atoms with van der Waals surface area (Å²) >= 11 is 0. The van der Waals surface area contributed by atoms with Crippen molar-refractivity contribution >= 4 is 35.8 Å². The number of amides is 1. The van der Waals surface area contributed by atoms with Gasteiger partial charge in [-0.2, -0.15) is 0 Å². The minimum atomic E-state index is 0. The van der Waals surface area contributed by atoms with E-state index in [1.807, 2.05) is 29.2 Å². The molecule has 0 spiro atoms. The first-order valence-electron chi connectivity index (χ1n) is 11.1. The number of nitrogens with one attached hydrogen (secondary N) is 1. The fourth-order valence-electron chi connectivity index (χ4n) is 4.39. The fraction of sp³-hybridized carbons (Fsp3) is 0.440. The molecule has 172 valence electrons. The van der Waals surface area contributed by atoms with Crippen LogP contribution in [0.3, 0.4) is 0 Å². The number of carbonyl (C=O) groups excluding carboxylic acids is 1. The van der Waals surface area contributed by atoms with Gasteiger partial charge in [0.15, 0.2) is 5.96 Å². The molecule has 2 heterocycles. The Hall–Kier alpha value is -2.13. The lowest BCUT2D eigenvalue weighted by atomic mass is 10.00. The summed E-state index contributed by atoms with van der Waals surface area (Å²) in [5.41, 5.74) is 3.81. The van der Waals surface area contributed by atoms with Gasteiger partial charge < -0.3 is 19.9 Å². The molecule has 0 saturated carbocycles. The van der Waals surface area contributed by atoms with E-state index in [9.17, 15) is 4.79 Å². The molecule has 1 atom stereocenters. The molecule has 2 aromatic carbocycles. The Morgan fingerprint density at radius 2 is 1.81 bits per heavy atom. The van der Waals surface area contributed by atoms with Crippen LogP contribution in [0.1, 0.15) is 23.1 Å². The molecule has 1 N–H and O–H groups in total. The topological polar surface area (TPSA) is 57.2 Å². The van der Waals surface area contributed by atoms with Crippen LogP contribution in [0.5, 0.6) is 0 Å². The van der Waals surface area contributed by atoms with Crippen molar-refractivity contribution in [3.05, 3.63) is 71.3 Å². The maximum Gasteiger partial charge on any atom is 0.242 e. The third-order valence-electron chi connectivity index (χ3n) is 6.14. The monoisotopic (exact) mass is 548 g/mol. The molecule has 7 heteroatoms. The van der Waals surface area contributed by atoms with E-state index in [2.05, 4.69) is 45.5 Å². The molecule has 2 aromatic rings. The Labute approximate surface area is 208 Å². The van der Waals surface area contributed by atoms with E-state index in [1.54, 1.807) is 7.05 Å². The van der Waals surface area contributed by atoms with Crippen LogP contribution in [0.15, 0.2) is 59.6 Å². The van der Waals surface area contributed by atoms with Crippen molar-refractivity contribution in [3.8, 4) is 0 Å². The molecule has 1 amide bonds. The van der Waals surface area contributed by atoms with Crippen molar-refractivity contribution in [3.63, 3.8) is 0 Å². The summed E-state index contributed by atoms with van der Waals surface area (Å²) in [5, 5.41) is 3.28. The zero-order chi connectivity index (χ0) is 21.5. The summed E-state index contributed by atoms with van der Waals surface area (Å²) in [6.07, 6.45) is 2.00. The number of carbonyl (C=O) groups is 1. The molecule has 2 aliphatic heterocycles. The van der Waals surface area contributed by atoms with Crippen LogP contribution in [0.4, 0.5) is 0 Å². The van der Waals surface area contributed by atoms with Crippen molar-refractivity contribution in [1.82, 2.24) is 15.1 Å². The minimum absolute atomic E-state index is 0. The number of benzene rings is 2. The number of hydrogen-bond acceptors (Lipinski definition) is 3. The molecule has 2 aliphatic rings. The first-order chi connectivity index (χ1) is 15.2. The van der Waals surface area contributed by atoms with Crippen LogP contribution >= 0.6 is 24.0 Å². The lowest BCUT2D eigenvalue weighted by molar-refractivity contribution is -0.130. The normalized spacial score (nSPS) is 18.2. The van der Waals surface area contributed by atoms with Gasteiger partial charge in [-0.05, 0) is 29.5 Å². The van der Waals surface area contributed by atoms with Crippen LogP contribution in [-0.4, -0.2) is 61.5 Å². The number of nitrogens with zero attached hydrogens (tertiary/aromatic N) is 3. The van der Waals surface area contributed by atoms with E-state index in [0.29, 0.717) is 19.1 Å². The second-order valence-electron chi connectivity index (χ2n) is 8.34. The summed E-state index contributed by atoms with van der Waals surface area (Å²) in [4.78, 5) is 21.3. The largest absolute Gasteiger partial charge is 0.376 e. The molecule has 6 nitrogen and oxygen atoms in total. The zero-order valence-electron chi connectivity index (χ0n) is 18.7. The van der Waals surface area contributed by atoms with Crippen LogP contribution in [0.25, 0.3) is 0 Å². The highest BCUT2D eigenvalue weighted by Crippen LogP contribution is 2.19. The van der Waals surface area contributed by atoms with E-state index in [4.69, 9.17) is 4.74 Å². The van der Waals surface area contributed by atoms with Gasteiger partial charge in [-0.25, -0.2) is 0 Å². The number of rotatable bonds is 6. The molecule has 0 aromatic heterocycles. The van der Waals surface area contributed by atoms with Crippen molar-refractivity contribution in [1.29, 1.82) is 0 Å². The van der Waals surface area contributed by atoms with E-state index >= 15 is 0 Å². The van der Waals surface area contributed by atoms with Gasteiger partial charge in [-0.3, -0.25) is 9.79 Å². The predicted octanol–water partition coefficient (Wildman–Crippen LogP) is 3.30. The Bertz CT molecular complexity index is 906. The number of aliphatic imine (C=N–C) groups is 1. The van der Waals surface area contributed by atoms with Crippen molar-refractivity contribution in [2.24, 2.45) is 10.9 Å². The first-order valence-corrected chi connectivity index (χ1v) is 11.1. The first kappa shape index (κ1) is 24.5. The van der Waals surface area contributed by atoms with Gasteiger partial charge in [0.1, 0.15) is 0 Å². The molecule has 0 aliphatic carbocycles. The van der Waals surface area contributed by atoms with Crippen LogP contribution in [0.2, 0.25) is 0 Å². The Morgan fingerprint density at radius 1 is 1.06 bits per heavy atom.